The third kappa shape index (κ3) is 3.00. The Balaban J connectivity index is 1.77. The minimum atomic E-state index is 0.567. The maximum atomic E-state index is 5.04. The molecule has 3 rings (SSSR count). The van der Waals surface area contributed by atoms with E-state index >= 15 is 0 Å². The smallest absolute Gasteiger partial charge is 0.254 e. The minimum Gasteiger partial charge on any atom is -0.385 e. The van der Waals surface area contributed by atoms with Crippen molar-refractivity contribution in [1.29, 1.82) is 0 Å². The molecule has 110 valence electrons. The molecule has 0 aromatic carbocycles. The van der Waals surface area contributed by atoms with Crippen LogP contribution in [0.3, 0.4) is 0 Å². The van der Waals surface area contributed by atoms with Crippen molar-refractivity contribution in [3.63, 3.8) is 0 Å². The molecular formula is C13H17N7O. The quantitative estimate of drug-likeness (QED) is 0.690. The molecule has 0 atom stereocenters. The third-order valence-electron chi connectivity index (χ3n) is 3.01. The van der Waals surface area contributed by atoms with Crippen LogP contribution in [-0.4, -0.2) is 43.1 Å². The molecule has 0 aliphatic rings. The Labute approximate surface area is 121 Å². The molecule has 1 N–H and O–H groups in total. The van der Waals surface area contributed by atoms with Crippen LogP contribution in [0.2, 0.25) is 0 Å². The molecule has 0 aliphatic heterocycles. The first-order chi connectivity index (χ1) is 10.3. The molecule has 0 saturated heterocycles. The second-order valence-electron chi connectivity index (χ2n) is 4.69. The van der Waals surface area contributed by atoms with E-state index in [0.29, 0.717) is 5.78 Å². The van der Waals surface area contributed by atoms with Crippen LogP contribution in [0.25, 0.3) is 5.78 Å². The van der Waals surface area contributed by atoms with Crippen LogP contribution in [0.4, 0.5) is 11.6 Å². The molecule has 0 aliphatic carbocycles. The van der Waals surface area contributed by atoms with Gasteiger partial charge in [-0.2, -0.15) is 19.7 Å². The standard InChI is InChI=1S/C13H17N7O/c1-10-8-12(20-13(16-10)14-9-15-20)17-11-4-6-19(18-11)5-3-7-21-2/h4,6,8-9H,3,5,7H2,1-2H3,(H,17,18). The predicted octanol–water partition coefficient (Wildman–Crippen LogP) is 1.41. The molecule has 0 bridgehead atoms. The maximum absolute atomic E-state index is 5.04. The molecule has 3 heterocycles. The van der Waals surface area contributed by atoms with Gasteiger partial charge in [0.2, 0.25) is 0 Å². The van der Waals surface area contributed by atoms with Crippen molar-refractivity contribution in [2.45, 2.75) is 19.9 Å². The normalized spacial score (nSPS) is 11.1. The Morgan fingerprint density at radius 1 is 1.38 bits per heavy atom. The highest BCUT2D eigenvalue weighted by Gasteiger charge is 2.07. The highest BCUT2D eigenvalue weighted by atomic mass is 16.5. The van der Waals surface area contributed by atoms with Crippen LogP contribution < -0.4 is 5.32 Å². The zero-order chi connectivity index (χ0) is 14.7. The molecule has 0 amide bonds. The zero-order valence-electron chi connectivity index (χ0n) is 12.0. The number of rotatable bonds is 6. The molecule has 0 radical (unpaired) electrons. The van der Waals surface area contributed by atoms with E-state index < -0.39 is 0 Å². The average molecular weight is 287 g/mol. The van der Waals surface area contributed by atoms with E-state index in [1.54, 1.807) is 11.6 Å². The van der Waals surface area contributed by atoms with E-state index in [1.165, 1.54) is 6.33 Å². The summed E-state index contributed by atoms with van der Waals surface area (Å²) in [4.78, 5) is 8.40. The van der Waals surface area contributed by atoms with Gasteiger partial charge in [-0.25, -0.2) is 4.98 Å². The summed E-state index contributed by atoms with van der Waals surface area (Å²) in [5, 5.41) is 11.9. The summed E-state index contributed by atoms with van der Waals surface area (Å²) < 4.78 is 8.57. The first kappa shape index (κ1) is 13.5. The number of aromatic nitrogens is 6. The summed E-state index contributed by atoms with van der Waals surface area (Å²) in [6, 6.07) is 3.83. The van der Waals surface area contributed by atoms with E-state index in [1.807, 2.05) is 29.9 Å². The van der Waals surface area contributed by atoms with E-state index in [9.17, 15) is 0 Å². The summed E-state index contributed by atoms with van der Waals surface area (Å²) in [5.41, 5.74) is 0.873. The van der Waals surface area contributed by atoms with Gasteiger partial charge in [0.15, 0.2) is 5.82 Å². The summed E-state index contributed by atoms with van der Waals surface area (Å²) in [7, 11) is 1.70. The van der Waals surface area contributed by atoms with Crippen molar-refractivity contribution >= 4 is 17.4 Å². The van der Waals surface area contributed by atoms with Crippen molar-refractivity contribution < 1.29 is 4.74 Å². The fraction of sp³-hybridized carbons (Fsp3) is 0.385. The van der Waals surface area contributed by atoms with Gasteiger partial charge >= 0.3 is 0 Å². The lowest BCUT2D eigenvalue weighted by Gasteiger charge is -2.06. The molecule has 8 nitrogen and oxygen atoms in total. The van der Waals surface area contributed by atoms with Gasteiger partial charge in [0.05, 0.1) is 0 Å². The molecule has 21 heavy (non-hydrogen) atoms. The summed E-state index contributed by atoms with van der Waals surface area (Å²) in [6.07, 6.45) is 4.35. The number of fused-ring (bicyclic) bond motifs is 1. The first-order valence-corrected chi connectivity index (χ1v) is 6.73. The van der Waals surface area contributed by atoms with Crippen molar-refractivity contribution in [2.24, 2.45) is 0 Å². The van der Waals surface area contributed by atoms with Crippen LogP contribution in [0.1, 0.15) is 12.1 Å². The van der Waals surface area contributed by atoms with Gasteiger partial charge < -0.3 is 10.1 Å². The average Bonchev–Trinajstić information content (AvgIpc) is 3.08. The number of methoxy groups -OCH3 is 1. The number of nitrogens with one attached hydrogen (secondary N) is 1. The summed E-state index contributed by atoms with van der Waals surface area (Å²) >= 11 is 0. The van der Waals surface area contributed by atoms with Crippen LogP contribution >= 0.6 is 0 Å². The molecule has 3 aromatic rings. The number of ether oxygens (including phenoxy) is 1. The Morgan fingerprint density at radius 3 is 3.14 bits per heavy atom. The van der Waals surface area contributed by atoms with E-state index in [0.717, 1.165) is 36.9 Å². The number of nitrogens with zero attached hydrogens (tertiary/aromatic N) is 6. The maximum Gasteiger partial charge on any atom is 0.254 e. The van der Waals surface area contributed by atoms with Gasteiger partial charge in [0.1, 0.15) is 12.1 Å². The zero-order valence-corrected chi connectivity index (χ0v) is 12.0. The van der Waals surface area contributed by atoms with Gasteiger partial charge in [0, 0.05) is 44.3 Å². The van der Waals surface area contributed by atoms with E-state index in [-0.39, 0.29) is 0 Å². The summed E-state index contributed by atoms with van der Waals surface area (Å²) in [6.45, 7) is 3.47. The van der Waals surface area contributed by atoms with Crippen molar-refractivity contribution in [1.82, 2.24) is 29.4 Å². The van der Waals surface area contributed by atoms with Crippen molar-refractivity contribution in [3.8, 4) is 0 Å². The predicted molar refractivity (Wildman–Crippen MR) is 77.5 cm³/mol. The molecule has 0 saturated carbocycles. The van der Waals surface area contributed by atoms with Crippen LogP contribution in [-0.2, 0) is 11.3 Å². The lowest BCUT2D eigenvalue weighted by molar-refractivity contribution is 0.189. The Hall–Kier alpha value is -2.48. The lowest BCUT2D eigenvalue weighted by Crippen LogP contribution is -2.05. The largest absolute Gasteiger partial charge is 0.385 e. The lowest BCUT2D eigenvalue weighted by atomic mass is 10.4. The molecule has 8 heteroatoms. The third-order valence-corrected chi connectivity index (χ3v) is 3.01. The number of anilines is 2. The molecule has 0 fully saturated rings. The summed E-state index contributed by atoms with van der Waals surface area (Å²) in [5.74, 6) is 2.11. The second-order valence-corrected chi connectivity index (χ2v) is 4.69. The number of hydrogen-bond acceptors (Lipinski definition) is 6. The van der Waals surface area contributed by atoms with Gasteiger partial charge in [-0.05, 0) is 13.3 Å². The first-order valence-electron chi connectivity index (χ1n) is 6.73. The van der Waals surface area contributed by atoms with Crippen molar-refractivity contribution in [2.75, 3.05) is 19.0 Å². The Morgan fingerprint density at radius 2 is 2.29 bits per heavy atom. The van der Waals surface area contributed by atoms with Gasteiger partial charge in [-0.15, -0.1) is 0 Å². The van der Waals surface area contributed by atoms with Gasteiger partial charge in [-0.1, -0.05) is 0 Å². The number of aryl methyl sites for hydroxylation is 2. The second kappa shape index (κ2) is 5.88. The SMILES string of the molecule is COCCCn1ccc(Nc2cc(C)nc3ncnn23)n1. The van der Waals surface area contributed by atoms with Crippen LogP contribution in [0.5, 0.6) is 0 Å². The molecular weight excluding hydrogens is 270 g/mol. The van der Waals surface area contributed by atoms with Crippen molar-refractivity contribution in [3.05, 3.63) is 30.4 Å². The van der Waals surface area contributed by atoms with Gasteiger partial charge in [-0.3, -0.25) is 4.68 Å². The van der Waals surface area contributed by atoms with E-state index in [4.69, 9.17) is 4.74 Å². The Kier molecular flexibility index (Phi) is 3.78. The fourth-order valence-electron chi connectivity index (χ4n) is 2.07. The van der Waals surface area contributed by atoms with E-state index in [2.05, 4.69) is 25.5 Å². The minimum absolute atomic E-state index is 0.567. The van der Waals surface area contributed by atoms with Gasteiger partial charge in [0.25, 0.3) is 5.78 Å². The van der Waals surface area contributed by atoms with Crippen LogP contribution in [0, 0.1) is 6.92 Å². The highest BCUT2D eigenvalue weighted by molar-refractivity contribution is 5.54. The molecule has 3 aromatic heterocycles. The highest BCUT2D eigenvalue weighted by Crippen LogP contribution is 2.15. The molecule has 0 unspecified atom stereocenters. The monoisotopic (exact) mass is 287 g/mol. The number of hydrogen-bond donors (Lipinski definition) is 1. The van der Waals surface area contributed by atoms with Crippen LogP contribution in [0.15, 0.2) is 24.7 Å². The topological polar surface area (TPSA) is 82.2 Å². The molecule has 0 spiro atoms. The fourth-order valence-corrected chi connectivity index (χ4v) is 2.07. The Bertz CT molecular complexity index is 733.